The third-order valence-electron chi connectivity index (χ3n) is 2.95. The fraction of sp³-hybridized carbons (Fsp3) is 0.562. The average molecular weight is 263 g/mol. The summed E-state index contributed by atoms with van der Waals surface area (Å²) in [5.74, 6) is 0.472. The third kappa shape index (κ3) is 6.39. The molecule has 1 rings (SSSR count). The average Bonchev–Trinajstić information content (AvgIpc) is 2.34. The number of carbonyl (C=O) groups excluding carboxylic acids is 1. The predicted octanol–water partition coefficient (Wildman–Crippen LogP) is 3.69. The summed E-state index contributed by atoms with van der Waals surface area (Å²) in [6.45, 7) is 4.51. The lowest BCUT2D eigenvalue weighted by molar-refractivity contribution is -0.0713. The van der Waals surface area contributed by atoms with Gasteiger partial charge in [-0.15, -0.1) is 5.06 Å². The zero-order valence-electron chi connectivity index (χ0n) is 12.5. The molecule has 0 saturated carbocycles. The maximum Gasteiger partial charge on any atom is 0.356 e. The molecule has 1 aromatic carbocycles. The van der Waals surface area contributed by atoms with Crippen LogP contribution in [0.4, 0.5) is 0 Å². The summed E-state index contributed by atoms with van der Waals surface area (Å²) in [7, 11) is 3.39. The number of hydrogen-bond donors (Lipinski definition) is 0. The Kier molecular flexibility index (Phi) is 6.57. The second-order valence-corrected chi connectivity index (χ2v) is 5.53. The topological polar surface area (TPSA) is 29.5 Å². The molecule has 0 atom stereocenters. The standard InChI is InChI=1S/C16H25NO2/c1-13(2)7-5-6-8-14-9-11-15(12-10-14)16(18)19-17(3)4/h9-13H,5-8H2,1-4H3. The van der Waals surface area contributed by atoms with Crippen LogP contribution < -0.4 is 0 Å². The molecule has 0 heterocycles. The summed E-state index contributed by atoms with van der Waals surface area (Å²) in [4.78, 5) is 16.6. The fourth-order valence-corrected chi connectivity index (χ4v) is 1.91. The Morgan fingerprint density at radius 2 is 1.79 bits per heavy atom. The van der Waals surface area contributed by atoms with Crippen LogP contribution in [0.1, 0.15) is 49.0 Å². The van der Waals surface area contributed by atoms with Crippen molar-refractivity contribution >= 4 is 5.97 Å². The van der Waals surface area contributed by atoms with E-state index in [2.05, 4.69) is 13.8 Å². The zero-order valence-corrected chi connectivity index (χ0v) is 12.5. The lowest BCUT2D eigenvalue weighted by atomic mass is 10.0. The van der Waals surface area contributed by atoms with Crippen LogP contribution in [0.2, 0.25) is 0 Å². The van der Waals surface area contributed by atoms with Gasteiger partial charge in [-0.3, -0.25) is 0 Å². The van der Waals surface area contributed by atoms with E-state index < -0.39 is 0 Å². The van der Waals surface area contributed by atoms with E-state index in [1.807, 2.05) is 24.3 Å². The first-order chi connectivity index (χ1) is 8.99. The van der Waals surface area contributed by atoms with Gasteiger partial charge in [0.05, 0.1) is 5.56 Å². The Morgan fingerprint density at radius 1 is 1.16 bits per heavy atom. The normalized spacial score (nSPS) is 11.1. The second-order valence-electron chi connectivity index (χ2n) is 5.53. The van der Waals surface area contributed by atoms with Crippen LogP contribution in [-0.4, -0.2) is 25.1 Å². The minimum absolute atomic E-state index is 0.309. The summed E-state index contributed by atoms with van der Waals surface area (Å²) >= 11 is 0. The maximum absolute atomic E-state index is 11.6. The van der Waals surface area contributed by atoms with Crippen molar-refractivity contribution in [3.05, 3.63) is 35.4 Å². The number of unbranched alkanes of at least 4 members (excludes halogenated alkanes) is 1. The van der Waals surface area contributed by atoms with Crippen molar-refractivity contribution in [1.82, 2.24) is 5.06 Å². The molecule has 0 aromatic heterocycles. The number of nitrogens with zero attached hydrogens (tertiary/aromatic N) is 1. The van der Waals surface area contributed by atoms with Gasteiger partial charge in [-0.05, 0) is 36.5 Å². The minimum atomic E-state index is -0.309. The van der Waals surface area contributed by atoms with Gasteiger partial charge in [-0.1, -0.05) is 38.8 Å². The molecule has 0 aliphatic rings. The van der Waals surface area contributed by atoms with Gasteiger partial charge < -0.3 is 4.84 Å². The largest absolute Gasteiger partial charge is 0.364 e. The van der Waals surface area contributed by atoms with E-state index >= 15 is 0 Å². The molecule has 0 N–H and O–H groups in total. The van der Waals surface area contributed by atoms with E-state index in [1.54, 1.807) is 14.1 Å². The first-order valence-electron chi connectivity index (χ1n) is 6.97. The van der Waals surface area contributed by atoms with Crippen LogP contribution in [0.15, 0.2) is 24.3 Å². The van der Waals surface area contributed by atoms with Crippen molar-refractivity contribution in [2.45, 2.75) is 39.5 Å². The van der Waals surface area contributed by atoms with Crippen LogP contribution >= 0.6 is 0 Å². The second kappa shape index (κ2) is 7.95. The Bertz CT molecular complexity index is 382. The number of carbonyl (C=O) groups is 1. The van der Waals surface area contributed by atoms with E-state index in [0.717, 1.165) is 12.3 Å². The van der Waals surface area contributed by atoms with Gasteiger partial charge in [0.15, 0.2) is 0 Å². The third-order valence-corrected chi connectivity index (χ3v) is 2.95. The zero-order chi connectivity index (χ0) is 14.3. The highest BCUT2D eigenvalue weighted by atomic mass is 16.7. The van der Waals surface area contributed by atoms with E-state index in [4.69, 9.17) is 4.84 Å². The predicted molar refractivity (Wildman–Crippen MR) is 77.9 cm³/mol. The van der Waals surface area contributed by atoms with Gasteiger partial charge in [0, 0.05) is 14.1 Å². The molecule has 0 bridgehead atoms. The molecule has 0 saturated heterocycles. The quantitative estimate of drug-likeness (QED) is 0.555. The van der Waals surface area contributed by atoms with Gasteiger partial charge in [0.25, 0.3) is 0 Å². The summed E-state index contributed by atoms with van der Waals surface area (Å²) in [6, 6.07) is 7.70. The van der Waals surface area contributed by atoms with Crippen LogP contribution in [0.5, 0.6) is 0 Å². The first-order valence-corrected chi connectivity index (χ1v) is 6.97. The lowest BCUT2D eigenvalue weighted by Gasteiger charge is -2.10. The van der Waals surface area contributed by atoms with Crippen molar-refractivity contribution in [2.75, 3.05) is 14.1 Å². The molecule has 19 heavy (non-hydrogen) atoms. The number of benzene rings is 1. The highest BCUT2D eigenvalue weighted by Crippen LogP contribution is 2.12. The van der Waals surface area contributed by atoms with Crippen LogP contribution in [0.3, 0.4) is 0 Å². The van der Waals surface area contributed by atoms with E-state index in [-0.39, 0.29) is 5.97 Å². The van der Waals surface area contributed by atoms with Crippen molar-refractivity contribution in [1.29, 1.82) is 0 Å². The molecule has 0 spiro atoms. The summed E-state index contributed by atoms with van der Waals surface area (Å²) in [5, 5.41) is 1.40. The first kappa shape index (κ1) is 15.7. The highest BCUT2D eigenvalue weighted by molar-refractivity contribution is 5.89. The molecule has 3 nitrogen and oxygen atoms in total. The van der Waals surface area contributed by atoms with Crippen molar-refractivity contribution in [2.24, 2.45) is 5.92 Å². The fourth-order valence-electron chi connectivity index (χ4n) is 1.91. The SMILES string of the molecule is CC(C)CCCCc1ccc(C(=O)ON(C)C)cc1. The number of rotatable bonds is 7. The Hall–Kier alpha value is -1.35. The Balaban J connectivity index is 2.41. The molecule has 106 valence electrons. The molecule has 0 fully saturated rings. The van der Waals surface area contributed by atoms with Crippen molar-refractivity contribution < 1.29 is 9.63 Å². The smallest absolute Gasteiger partial charge is 0.356 e. The van der Waals surface area contributed by atoms with Crippen LogP contribution in [0.25, 0.3) is 0 Å². The van der Waals surface area contributed by atoms with Crippen molar-refractivity contribution in [3.8, 4) is 0 Å². The molecule has 3 heteroatoms. The highest BCUT2D eigenvalue weighted by Gasteiger charge is 2.08. The number of hydrogen-bond acceptors (Lipinski definition) is 3. The number of hydroxylamine groups is 2. The Labute approximate surface area is 116 Å². The number of aryl methyl sites for hydroxylation is 1. The summed E-state index contributed by atoms with van der Waals surface area (Å²) < 4.78 is 0. The minimum Gasteiger partial charge on any atom is -0.364 e. The summed E-state index contributed by atoms with van der Waals surface area (Å²) in [6.07, 6.45) is 4.84. The molecule has 1 aromatic rings. The lowest BCUT2D eigenvalue weighted by Crippen LogP contribution is -2.18. The Morgan fingerprint density at radius 3 is 2.32 bits per heavy atom. The van der Waals surface area contributed by atoms with Gasteiger partial charge >= 0.3 is 5.97 Å². The van der Waals surface area contributed by atoms with Gasteiger partial charge in [-0.25, -0.2) is 4.79 Å². The molecule has 0 aliphatic heterocycles. The monoisotopic (exact) mass is 263 g/mol. The molecule has 0 unspecified atom stereocenters. The van der Waals surface area contributed by atoms with Gasteiger partial charge in [-0.2, -0.15) is 0 Å². The van der Waals surface area contributed by atoms with Gasteiger partial charge in [0.2, 0.25) is 0 Å². The van der Waals surface area contributed by atoms with Crippen molar-refractivity contribution in [3.63, 3.8) is 0 Å². The molecule has 0 aliphatic carbocycles. The van der Waals surface area contributed by atoms with E-state index in [0.29, 0.717) is 5.56 Å². The van der Waals surface area contributed by atoms with E-state index in [9.17, 15) is 4.79 Å². The van der Waals surface area contributed by atoms with Crippen LogP contribution in [-0.2, 0) is 11.3 Å². The summed E-state index contributed by atoms with van der Waals surface area (Å²) in [5.41, 5.74) is 1.88. The van der Waals surface area contributed by atoms with E-state index in [1.165, 1.54) is 29.9 Å². The van der Waals surface area contributed by atoms with Crippen LogP contribution in [0, 0.1) is 5.92 Å². The maximum atomic E-state index is 11.6. The molecule has 0 radical (unpaired) electrons. The van der Waals surface area contributed by atoms with Gasteiger partial charge in [0.1, 0.15) is 0 Å². The molecular formula is C16H25NO2. The molecular weight excluding hydrogens is 238 g/mol. The molecule has 0 amide bonds.